The van der Waals surface area contributed by atoms with Crippen LogP contribution in [0, 0.1) is 0 Å². The number of carbonyl (C=O) groups excluding carboxylic acids is 1. The molecule has 92 valence electrons. The molecule has 2 aromatic rings. The molecule has 1 heterocycles. The predicted octanol–water partition coefficient (Wildman–Crippen LogP) is 2.16. The van der Waals surface area contributed by atoms with Crippen molar-refractivity contribution in [2.24, 2.45) is 0 Å². The molecule has 2 rings (SSSR count). The van der Waals surface area contributed by atoms with Gasteiger partial charge in [0.15, 0.2) is 0 Å². The van der Waals surface area contributed by atoms with Crippen LogP contribution < -0.4 is 5.32 Å². The SMILES string of the molecule is C=C(C(=O)O)n1c(NC(C)=O)cc2ccccc21. The van der Waals surface area contributed by atoms with Crippen LogP contribution in [-0.4, -0.2) is 21.6 Å². The summed E-state index contributed by atoms with van der Waals surface area (Å²) < 4.78 is 1.42. The van der Waals surface area contributed by atoms with Crippen molar-refractivity contribution in [3.05, 3.63) is 36.9 Å². The molecule has 0 aliphatic heterocycles. The van der Waals surface area contributed by atoms with E-state index >= 15 is 0 Å². The minimum absolute atomic E-state index is 0.111. The van der Waals surface area contributed by atoms with Gasteiger partial charge in [0.2, 0.25) is 5.91 Å². The number of fused-ring (bicyclic) bond motifs is 1. The summed E-state index contributed by atoms with van der Waals surface area (Å²) in [5, 5.41) is 12.5. The zero-order chi connectivity index (χ0) is 13.3. The first-order chi connectivity index (χ1) is 8.50. The molecule has 0 aliphatic carbocycles. The molecule has 0 unspecified atom stereocenters. The largest absolute Gasteiger partial charge is 0.477 e. The minimum atomic E-state index is -1.14. The van der Waals surface area contributed by atoms with Gasteiger partial charge in [0.05, 0.1) is 5.52 Å². The Labute approximate surface area is 103 Å². The van der Waals surface area contributed by atoms with Crippen LogP contribution in [0.1, 0.15) is 6.92 Å². The molecule has 0 bridgehead atoms. The first-order valence-corrected chi connectivity index (χ1v) is 5.31. The van der Waals surface area contributed by atoms with E-state index in [0.717, 1.165) is 5.39 Å². The van der Waals surface area contributed by atoms with Crippen LogP contribution in [0.3, 0.4) is 0 Å². The maximum absolute atomic E-state index is 11.1. The lowest BCUT2D eigenvalue weighted by Crippen LogP contribution is -2.13. The summed E-state index contributed by atoms with van der Waals surface area (Å²) in [5.74, 6) is -1.00. The standard InChI is InChI=1S/C13H12N2O3/c1-8(13(17)18)15-11-6-4-3-5-10(11)7-12(15)14-9(2)16/h3-7H,1H2,2H3,(H,14,16)(H,17,18). The normalized spacial score (nSPS) is 10.3. The topological polar surface area (TPSA) is 71.3 Å². The van der Waals surface area contributed by atoms with Crippen molar-refractivity contribution in [2.75, 3.05) is 5.32 Å². The number of nitrogens with one attached hydrogen (secondary N) is 1. The molecule has 18 heavy (non-hydrogen) atoms. The van der Waals surface area contributed by atoms with Crippen molar-refractivity contribution in [3.63, 3.8) is 0 Å². The highest BCUT2D eigenvalue weighted by atomic mass is 16.4. The van der Waals surface area contributed by atoms with Crippen LogP contribution in [0.5, 0.6) is 0 Å². The molecule has 0 fully saturated rings. The summed E-state index contributed by atoms with van der Waals surface area (Å²) in [5.41, 5.74) is 0.577. The average Bonchev–Trinajstić information content (AvgIpc) is 2.64. The van der Waals surface area contributed by atoms with Gasteiger partial charge in [0.25, 0.3) is 0 Å². The van der Waals surface area contributed by atoms with Crippen LogP contribution in [0.15, 0.2) is 36.9 Å². The van der Waals surface area contributed by atoms with Gasteiger partial charge in [0, 0.05) is 12.3 Å². The number of carboxylic acid groups (broad SMARTS) is 1. The van der Waals surface area contributed by atoms with Gasteiger partial charge in [-0.3, -0.25) is 9.36 Å². The molecule has 2 N–H and O–H groups in total. The van der Waals surface area contributed by atoms with Gasteiger partial charge in [-0.05, 0) is 12.1 Å². The van der Waals surface area contributed by atoms with Crippen molar-refractivity contribution in [2.45, 2.75) is 6.92 Å². The molecule has 1 amide bonds. The third kappa shape index (κ3) is 1.98. The fourth-order valence-electron chi connectivity index (χ4n) is 1.81. The predicted molar refractivity (Wildman–Crippen MR) is 69.2 cm³/mol. The van der Waals surface area contributed by atoms with Crippen LogP contribution in [0.25, 0.3) is 16.6 Å². The van der Waals surface area contributed by atoms with Crippen LogP contribution >= 0.6 is 0 Å². The lowest BCUT2D eigenvalue weighted by Gasteiger charge is -2.09. The summed E-state index contributed by atoms with van der Waals surface area (Å²) >= 11 is 0. The van der Waals surface area contributed by atoms with E-state index in [1.165, 1.54) is 11.5 Å². The maximum Gasteiger partial charge on any atom is 0.352 e. The average molecular weight is 244 g/mol. The maximum atomic E-state index is 11.1. The molecule has 5 heteroatoms. The Balaban J connectivity index is 2.68. The molecular weight excluding hydrogens is 232 g/mol. The summed E-state index contributed by atoms with van der Waals surface area (Å²) in [4.78, 5) is 22.2. The Hall–Kier alpha value is -2.56. The molecule has 1 aromatic carbocycles. The van der Waals surface area contributed by atoms with E-state index in [4.69, 9.17) is 5.11 Å². The quantitative estimate of drug-likeness (QED) is 0.813. The number of aliphatic carboxylic acids is 1. The zero-order valence-corrected chi connectivity index (χ0v) is 9.80. The van der Waals surface area contributed by atoms with Crippen molar-refractivity contribution in [1.82, 2.24) is 4.57 Å². The van der Waals surface area contributed by atoms with Gasteiger partial charge < -0.3 is 10.4 Å². The Morgan fingerprint density at radius 3 is 2.61 bits per heavy atom. The van der Waals surface area contributed by atoms with Gasteiger partial charge in [-0.25, -0.2) is 4.79 Å². The van der Waals surface area contributed by atoms with E-state index in [1.54, 1.807) is 18.2 Å². The molecule has 0 radical (unpaired) electrons. The Morgan fingerprint density at radius 2 is 2.00 bits per heavy atom. The lowest BCUT2D eigenvalue weighted by molar-refractivity contribution is -0.130. The number of benzene rings is 1. The van der Waals surface area contributed by atoms with Gasteiger partial charge in [-0.15, -0.1) is 0 Å². The molecule has 1 aromatic heterocycles. The van der Waals surface area contributed by atoms with E-state index in [0.29, 0.717) is 11.3 Å². The van der Waals surface area contributed by atoms with E-state index in [-0.39, 0.29) is 11.6 Å². The highest BCUT2D eigenvalue weighted by molar-refractivity contribution is 6.12. The number of para-hydroxylation sites is 1. The Kier molecular flexibility index (Phi) is 2.89. The summed E-state index contributed by atoms with van der Waals surface area (Å²) in [7, 11) is 0. The van der Waals surface area contributed by atoms with Gasteiger partial charge in [0.1, 0.15) is 11.5 Å². The van der Waals surface area contributed by atoms with E-state index < -0.39 is 5.97 Å². The molecule has 0 saturated heterocycles. The fraction of sp³-hybridized carbons (Fsp3) is 0.0769. The van der Waals surface area contributed by atoms with Crippen molar-refractivity contribution in [3.8, 4) is 0 Å². The molecular formula is C13H12N2O3. The minimum Gasteiger partial charge on any atom is -0.477 e. The molecule has 0 aliphatic rings. The first-order valence-electron chi connectivity index (χ1n) is 5.31. The number of rotatable bonds is 3. The monoisotopic (exact) mass is 244 g/mol. The number of amides is 1. The fourth-order valence-corrected chi connectivity index (χ4v) is 1.81. The smallest absolute Gasteiger partial charge is 0.352 e. The summed E-state index contributed by atoms with van der Waals surface area (Å²) in [6, 6.07) is 8.96. The third-order valence-electron chi connectivity index (χ3n) is 2.53. The second-order valence-electron chi connectivity index (χ2n) is 3.86. The number of carboxylic acids is 1. The number of hydrogen-bond donors (Lipinski definition) is 2. The summed E-state index contributed by atoms with van der Waals surface area (Å²) in [6.07, 6.45) is 0. The molecule has 0 saturated carbocycles. The highest BCUT2D eigenvalue weighted by Gasteiger charge is 2.15. The first kappa shape index (κ1) is 11.9. The lowest BCUT2D eigenvalue weighted by atomic mass is 10.2. The summed E-state index contributed by atoms with van der Waals surface area (Å²) in [6.45, 7) is 4.89. The van der Waals surface area contributed by atoms with Gasteiger partial charge in [-0.1, -0.05) is 24.8 Å². The third-order valence-corrected chi connectivity index (χ3v) is 2.53. The number of nitrogens with zero attached hydrogens (tertiary/aromatic N) is 1. The van der Waals surface area contributed by atoms with Crippen molar-refractivity contribution < 1.29 is 14.7 Å². The van der Waals surface area contributed by atoms with Gasteiger partial charge in [-0.2, -0.15) is 0 Å². The van der Waals surface area contributed by atoms with Crippen molar-refractivity contribution >= 4 is 34.3 Å². The molecule has 5 nitrogen and oxygen atoms in total. The van der Waals surface area contributed by atoms with Crippen LogP contribution in [0.4, 0.5) is 5.82 Å². The Bertz CT molecular complexity index is 655. The second kappa shape index (κ2) is 4.37. The van der Waals surface area contributed by atoms with Crippen LogP contribution in [-0.2, 0) is 9.59 Å². The highest BCUT2D eigenvalue weighted by Crippen LogP contribution is 2.26. The zero-order valence-electron chi connectivity index (χ0n) is 9.80. The van der Waals surface area contributed by atoms with Crippen molar-refractivity contribution in [1.29, 1.82) is 0 Å². The van der Waals surface area contributed by atoms with E-state index in [1.807, 2.05) is 12.1 Å². The number of carbonyl (C=O) groups is 2. The Morgan fingerprint density at radius 1 is 1.33 bits per heavy atom. The number of anilines is 1. The van der Waals surface area contributed by atoms with E-state index in [9.17, 15) is 9.59 Å². The second-order valence-corrected chi connectivity index (χ2v) is 3.86. The molecule has 0 spiro atoms. The van der Waals surface area contributed by atoms with Gasteiger partial charge >= 0.3 is 5.97 Å². The van der Waals surface area contributed by atoms with E-state index in [2.05, 4.69) is 11.9 Å². The molecule has 0 atom stereocenters. The number of aromatic nitrogens is 1. The van der Waals surface area contributed by atoms with Crippen LogP contribution in [0.2, 0.25) is 0 Å². The number of hydrogen-bond acceptors (Lipinski definition) is 2.